The zero-order valence-electron chi connectivity index (χ0n) is 11.1. The molecule has 18 heavy (non-hydrogen) atoms. The van der Waals surface area contributed by atoms with Crippen LogP contribution in [0.4, 0.5) is 0 Å². The van der Waals surface area contributed by atoms with E-state index in [4.69, 9.17) is 0 Å². The quantitative estimate of drug-likeness (QED) is 0.850. The molecule has 3 heteroatoms. The Morgan fingerprint density at radius 1 is 1.33 bits per heavy atom. The van der Waals surface area contributed by atoms with Crippen LogP contribution in [0.25, 0.3) is 0 Å². The standard InChI is InChI=1S/C15H24N2S/c1-3-13(11-16-8-1)12-17(14-5-6-14)9-7-15-4-2-10-18-15/h2,4,10,13-14,16H,1,3,5-9,11-12H2. The Morgan fingerprint density at radius 2 is 2.28 bits per heavy atom. The lowest BCUT2D eigenvalue weighted by molar-refractivity contribution is 0.202. The summed E-state index contributed by atoms with van der Waals surface area (Å²) in [5.74, 6) is 0.891. The van der Waals surface area contributed by atoms with E-state index in [1.807, 2.05) is 11.3 Å². The molecule has 0 amide bonds. The van der Waals surface area contributed by atoms with Crippen molar-refractivity contribution in [1.82, 2.24) is 10.2 Å². The third-order valence-electron chi connectivity index (χ3n) is 4.18. The maximum Gasteiger partial charge on any atom is 0.00966 e. The predicted octanol–water partition coefficient (Wildman–Crippen LogP) is 2.75. The summed E-state index contributed by atoms with van der Waals surface area (Å²) in [4.78, 5) is 4.31. The molecule has 1 atom stereocenters. The van der Waals surface area contributed by atoms with Gasteiger partial charge in [-0.3, -0.25) is 4.90 Å². The number of rotatable bonds is 6. The van der Waals surface area contributed by atoms with E-state index in [-0.39, 0.29) is 0 Å². The van der Waals surface area contributed by atoms with Crippen molar-refractivity contribution in [3.8, 4) is 0 Å². The van der Waals surface area contributed by atoms with E-state index in [0.29, 0.717) is 0 Å². The van der Waals surface area contributed by atoms with E-state index < -0.39 is 0 Å². The molecule has 0 spiro atoms. The average molecular weight is 264 g/mol. The molecule has 1 aromatic rings. The third-order valence-corrected chi connectivity index (χ3v) is 5.12. The van der Waals surface area contributed by atoms with Crippen molar-refractivity contribution in [2.24, 2.45) is 5.92 Å². The number of piperidine rings is 1. The summed E-state index contributed by atoms with van der Waals surface area (Å²) in [7, 11) is 0. The monoisotopic (exact) mass is 264 g/mol. The smallest absolute Gasteiger partial charge is 0.00966 e. The fraction of sp³-hybridized carbons (Fsp3) is 0.733. The fourth-order valence-corrected chi connectivity index (χ4v) is 3.68. The van der Waals surface area contributed by atoms with E-state index in [1.54, 1.807) is 4.88 Å². The van der Waals surface area contributed by atoms with Gasteiger partial charge in [-0.15, -0.1) is 11.3 Å². The maximum absolute atomic E-state index is 3.54. The number of thiophene rings is 1. The van der Waals surface area contributed by atoms with Crippen LogP contribution >= 0.6 is 11.3 Å². The fourth-order valence-electron chi connectivity index (χ4n) is 2.98. The Bertz CT molecular complexity index is 339. The lowest BCUT2D eigenvalue weighted by Gasteiger charge is -2.30. The van der Waals surface area contributed by atoms with Gasteiger partial charge in [0.25, 0.3) is 0 Å². The van der Waals surface area contributed by atoms with Gasteiger partial charge in [0.1, 0.15) is 0 Å². The molecule has 1 aliphatic heterocycles. The largest absolute Gasteiger partial charge is 0.316 e. The summed E-state index contributed by atoms with van der Waals surface area (Å²) >= 11 is 1.90. The molecular weight excluding hydrogens is 240 g/mol. The molecule has 3 rings (SSSR count). The van der Waals surface area contributed by atoms with Gasteiger partial charge in [0.05, 0.1) is 0 Å². The van der Waals surface area contributed by atoms with Crippen molar-refractivity contribution in [2.45, 2.75) is 38.1 Å². The van der Waals surface area contributed by atoms with E-state index in [9.17, 15) is 0 Å². The van der Waals surface area contributed by atoms with Crippen LogP contribution in [0.2, 0.25) is 0 Å². The molecule has 2 fully saturated rings. The zero-order chi connectivity index (χ0) is 12.2. The molecule has 1 N–H and O–H groups in total. The van der Waals surface area contributed by atoms with E-state index >= 15 is 0 Å². The Morgan fingerprint density at radius 3 is 2.94 bits per heavy atom. The molecular formula is C15H24N2S. The van der Waals surface area contributed by atoms with Crippen LogP contribution in [0.1, 0.15) is 30.6 Å². The molecule has 0 aromatic carbocycles. The van der Waals surface area contributed by atoms with Crippen LogP contribution in [-0.2, 0) is 6.42 Å². The third kappa shape index (κ3) is 3.56. The lowest BCUT2D eigenvalue weighted by atomic mass is 9.99. The second-order valence-corrected chi connectivity index (χ2v) is 6.80. The van der Waals surface area contributed by atoms with Crippen molar-refractivity contribution >= 4 is 11.3 Å². The van der Waals surface area contributed by atoms with Crippen LogP contribution < -0.4 is 5.32 Å². The number of nitrogens with one attached hydrogen (secondary N) is 1. The Labute approximate surface area is 114 Å². The molecule has 1 aliphatic carbocycles. The number of hydrogen-bond donors (Lipinski definition) is 1. The maximum atomic E-state index is 3.54. The first-order valence-electron chi connectivity index (χ1n) is 7.39. The van der Waals surface area contributed by atoms with Gasteiger partial charge in [0.2, 0.25) is 0 Å². The summed E-state index contributed by atoms with van der Waals surface area (Å²) in [5, 5.41) is 5.74. The second-order valence-electron chi connectivity index (χ2n) is 5.77. The first-order chi connectivity index (χ1) is 8.92. The van der Waals surface area contributed by atoms with Crippen molar-refractivity contribution in [3.05, 3.63) is 22.4 Å². The molecule has 100 valence electrons. The van der Waals surface area contributed by atoms with Crippen LogP contribution in [0, 0.1) is 5.92 Å². The van der Waals surface area contributed by atoms with Gasteiger partial charge in [0.15, 0.2) is 0 Å². The van der Waals surface area contributed by atoms with Crippen molar-refractivity contribution in [2.75, 3.05) is 26.2 Å². The highest BCUT2D eigenvalue weighted by Crippen LogP contribution is 2.29. The minimum atomic E-state index is 0.891. The van der Waals surface area contributed by atoms with Gasteiger partial charge in [0, 0.05) is 24.0 Å². The number of hydrogen-bond acceptors (Lipinski definition) is 3. The zero-order valence-corrected chi connectivity index (χ0v) is 11.9. The molecule has 0 bridgehead atoms. The second kappa shape index (κ2) is 6.18. The highest BCUT2D eigenvalue weighted by Gasteiger charge is 2.30. The van der Waals surface area contributed by atoms with E-state index in [0.717, 1.165) is 12.0 Å². The molecule has 1 saturated heterocycles. The minimum Gasteiger partial charge on any atom is -0.316 e. The molecule has 0 radical (unpaired) electrons. The summed E-state index contributed by atoms with van der Waals surface area (Å²) < 4.78 is 0. The highest BCUT2D eigenvalue weighted by atomic mass is 32.1. The Hall–Kier alpha value is -0.380. The van der Waals surface area contributed by atoms with E-state index in [2.05, 4.69) is 27.7 Å². The Balaban J connectivity index is 1.48. The first kappa shape index (κ1) is 12.6. The topological polar surface area (TPSA) is 15.3 Å². The van der Waals surface area contributed by atoms with Gasteiger partial charge in [-0.2, -0.15) is 0 Å². The molecule has 1 aromatic heterocycles. The molecule has 1 unspecified atom stereocenters. The molecule has 2 heterocycles. The van der Waals surface area contributed by atoms with Crippen LogP contribution in [0.3, 0.4) is 0 Å². The van der Waals surface area contributed by atoms with Gasteiger partial charge in [-0.25, -0.2) is 0 Å². The lowest BCUT2D eigenvalue weighted by Crippen LogP contribution is -2.40. The summed E-state index contributed by atoms with van der Waals surface area (Å²) in [6.45, 7) is 5.06. The summed E-state index contributed by atoms with van der Waals surface area (Å²) in [6.07, 6.45) is 6.91. The van der Waals surface area contributed by atoms with Crippen molar-refractivity contribution in [3.63, 3.8) is 0 Å². The van der Waals surface area contributed by atoms with Crippen LogP contribution in [0.15, 0.2) is 17.5 Å². The minimum absolute atomic E-state index is 0.891. The van der Waals surface area contributed by atoms with E-state index in [1.165, 1.54) is 58.3 Å². The van der Waals surface area contributed by atoms with Crippen LogP contribution in [0.5, 0.6) is 0 Å². The van der Waals surface area contributed by atoms with Gasteiger partial charge in [-0.1, -0.05) is 6.07 Å². The Kier molecular flexibility index (Phi) is 4.34. The average Bonchev–Trinajstić information content (AvgIpc) is 3.12. The number of nitrogens with zero attached hydrogens (tertiary/aromatic N) is 1. The van der Waals surface area contributed by atoms with Gasteiger partial charge < -0.3 is 5.32 Å². The molecule has 2 nitrogen and oxygen atoms in total. The predicted molar refractivity (Wildman–Crippen MR) is 78.2 cm³/mol. The van der Waals surface area contributed by atoms with Crippen molar-refractivity contribution < 1.29 is 0 Å². The van der Waals surface area contributed by atoms with Crippen LogP contribution in [-0.4, -0.2) is 37.1 Å². The van der Waals surface area contributed by atoms with Gasteiger partial charge in [-0.05, 0) is 62.6 Å². The normalized spacial score (nSPS) is 24.6. The highest BCUT2D eigenvalue weighted by molar-refractivity contribution is 7.09. The first-order valence-corrected chi connectivity index (χ1v) is 8.27. The van der Waals surface area contributed by atoms with Crippen molar-refractivity contribution in [1.29, 1.82) is 0 Å². The summed E-state index contributed by atoms with van der Waals surface area (Å²) in [6, 6.07) is 5.36. The SMILES string of the molecule is c1csc(CCN(CC2CCCNC2)C2CC2)c1. The van der Waals surface area contributed by atoms with Gasteiger partial charge >= 0.3 is 0 Å². The molecule has 2 aliphatic rings. The molecule has 1 saturated carbocycles. The summed E-state index contributed by atoms with van der Waals surface area (Å²) in [5.41, 5.74) is 0.